The topological polar surface area (TPSA) is 66.9 Å². The van der Waals surface area contributed by atoms with Crippen molar-refractivity contribution in [1.29, 1.82) is 0 Å². The number of nitrogens with zero attached hydrogens (tertiary/aromatic N) is 3. The summed E-state index contributed by atoms with van der Waals surface area (Å²) < 4.78 is 12.1. The highest BCUT2D eigenvalue weighted by Crippen LogP contribution is 2.44. The maximum absolute atomic E-state index is 11.8. The Morgan fingerprint density at radius 1 is 1.11 bits per heavy atom. The summed E-state index contributed by atoms with van der Waals surface area (Å²) >= 11 is 0. The summed E-state index contributed by atoms with van der Waals surface area (Å²) in [5.41, 5.74) is 4.89. The molecule has 3 saturated heterocycles. The third kappa shape index (κ3) is 4.39. The molecule has 2 aromatic rings. The SMILES string of the molecule is C=CC(=O)N1CC(N2CCC(c3ccc4c(c3)Nc3nccc(C5CCOCC5)c3[C@@H](C)O4)CC2)C1. The molecule has 1 aromatic heterocycles. The van der Waals surface area contributed by atoms with Crippen LogP contribution in [-0.2, 0) is 9.53 Å². The number of pyridine rings is 1. The van der Waals surface area contributed by atoms with Gasteiger partial charge < -0.3 is 19.7 Å². The summed E-state index contributed by atoms with van der Waals surface area (Å²) in [7, 11) is 0. The van der Waals surface area contributed by atoms with Gasteiger partial charge >= 0.3 is 0 Å². The van der Waals surface area contributed by atoms with E-state index in [2.05, 4.69) is 48.0 Å². The molecule has 3 fully saturated rings. The number of aromatic nitrogens is 1. The first-order valence-electron chi connectivity index (χ1n) is 13.4. The van der Waals surface area contributed by atoms with Gasteiger partial charge in [-0.2, -0.15) is 0 Å². The molecule has 0 bridgehead atoms. The number of benzene rings is 1. The van der Waals surface area contributed by atoms with E-state index in [-0.39, 0.29) is 12.0 Å². The van der Waals surface area contributed by atoms with Crippen LogP contribution >= 0.6 is 0 Å². The molecule has 1 amide bonds. The molecule has 0 saturated carbocycles. The third-order valence-electron chi connectivity index (χ3n) is 8.52. The molecule has 1 aromatic carbocycles. The lowest BCUT2D eigenvalue weighted by Gasteiger charge is -2.47. The lowest BCUT2D eigenvalue weighted by Crippen LogP contribution is -2.61. The number of hydrogen-bond acceptors (Lipinski definition) is 6. The number of carbonyl (C=O) groups excluding carboxylic acids is 1. The van der Waals surface area contributed by atoms with Gasteiger partial charge in [0, 0.05) is 44.1 Å². The first kappa shape index (κ1) is 23.5. The number of anilines is 2. The van der Waals surface area contributed by atoms with Crippen LogP contribution in [0.3, 0.4) is 0 Å². The molecule has 0 aliphatic carbocycles. The maximum Gasteiger partial charge on any atom is 0.246 e. The molecule has 6 rings (SSSR count). The molecular weight excluding hydrogens is 452 g/mol. The molecule has 1 atom stereocenters. The van der Waals surface area contributed by atoms with Crippen LogP contribution in [0.4, 0.5) is 11.5 Å². The number of rotatable bonds is 4. The van der Waals surface area contributed by atoms with E-state index in [0.717, 1.165) is 82.3 Å². The predicted octanol–water partition coefficient (Wildman–Crippen LogP) is 4.75. The lowest BCUT2D eigenvalue weighted by atomic mass is 9.87. The van der Waals surface area contributed by atoms with Crippen molar-refractivity contribution in [3.05, 3.63) is 59.8 Å². The average Bonchev–Trinajstić information content (AvgIpc) is 3.03. The zero-order chi connectivity index (χ0) is 24.6. The minimum Gasteiger partial charge on any atom is -0.484 e. The summed E-state index contributed by atoms with van der Waals surface area (Å²) in [4.78, 5) is 20.9. The molecule has 4 aliphatic heterocycles. The largest absolute Gasteiger partial charge is 0.484 e. The molecule has 5 heterocycles. The van der Waals surface area contributed by atoms with Crippen molar-refractivity contribution in [2.75, 3.05) is 44.7 Å². The highest BCUT2D eigenvalue weighted by molar-refractivity contribution is 5.87. The Balaban J connectivity index is 1.16. The molecule has 190 valence electrons. The fourth-order valence-electron chi connectivity index (χ4n) is 6.35. The molecule has 0 radical (unpaired) electrons. The fraction of sp³-hybridized carbons (Fsp3) is 0.517. The summed E-state index contributed by atoms with van der Waals surface area (Å²) in [5.74, 6) is 2.87. The lowest BCUT2D eigenvalue weighted by molar-refractivity contribution is -0.133. The number of carbonyl (C=O) groups is 1. The molecule has 36 heavy (non-hydrogen) atoms. The fourth-order valence-corrected chi connectivity index (χ4v) is 6.35. The van der Waals surface area contributed by atoms with Crippen molar-refractivity contribution >= 4 is 17.4 Å². The highest BCUT2D eigenvalue weighted by Gasteiger charge is 2.36. The second-order valence-electron chi connectivity index (χ2n) is 10.6. The maximum atomic E-state index is 11.8. The van der Waals surface area contributed by atoms with Crippen molar-refractivity contribution in [2.45, 2.75) is 56.6 Å². The van der Waals surface area contributed by atoms with Gasteiger partial charge in [-0.3, -0.25) is 9.69 Å². The molecule has 7 heteroatoms. The van der Waals surface area contributed by atoms with Gasteiger partial charge in [0.25, 0.3) is 0 Å². The smallest absolute Gasteiger partial charge is 0.246 e. The zero-order valence-corrected chi connectivity index (χ0v) is 21.1. The number of likely N-dealkylation sites (tertiary alicyclic amines) is 2. The van der Waals surface area contributed by atoms with E-state index in [1.165, 1.54) is 22.8 Å². The van der Waals surface area contributed by atoms with Crippen molar-refractivity contribution < 1.29 is 14.3 Å². The van der Waals surface area contributed by atoms with Gasteiger partial charge in [0.1, 0.15) is 17.7 Å². The van der Waals surface area contributed by atoms with Gasteiger partial charge in [0.15, 0.2) is 0 Å². The van der Waals surface area contributed by atoms with Crippen LogP contribution in [0.25, 0.3) is 0 Å². The molecule has 1 N–H and O–H groups in total. The van der Waals surface area contributed by atoms with Crippen LogP contribution in [0.15, 0.2) is 43.1 Å². The van der Waals surface area contributed by atoms with Crippen LogP contribution in [-0.4, -0.2) is 66.1 Å². The quantitative estimate of drug-likeness (QED) is 0.627. The first-order chi connectivity index (χ1) is 17.6. The summed E-state index contributed by atoms with van der Waals surface area (Å²) in [5, 5.41) is 3.64. The van der Waals surface area contributed by atoms with Gasteiger partial charge in [-0.05, 0) is 92.9 Å². The number of hydrogen-bond donors (Lipinski definition) is 1. The van der Waals surface area contributed by atoms with Crippen molar-refractivity contribution in [1.82, 2.24) is 14.8 Å². The molecular formula is C29H36N4O3. The van der Waals surface area contributed by atoms with Crippen molar-refractivity contribution in [3.63, 3.8) is 0 Å². The van der Waals surface area contributed by atoms with Gasteiger partial charge in [0.2, 0.25) is 5.91 Å². The number of fused-ring (bicyclic) bond motifs is 2. The number of nitrogens with one attached hydrogen (secondary N) is 1. The van der Waals surface area contributed by atoms with Crippen LogP contribution in [0.5, 0.6) is 5.75 Å². The van der Waals surface area contributed by atoms with E-state index in [4.69, 9.17) is 14.5 Å². The summed E-state index contributed by atoms with van der Waals surface area (Å²) in [6, 6.07) is 9.30. The predicted molar refractivity (Wildman–Crippen MR) is 140 cm³/mol. The second-order valence-corrected chi connectivity index (χ2v) is 10.6. The number of piperidine rings is 1. The van der Waals surface area contributed by atoms with Gasteiger partial charge in [-0.1, -0.05) is 12.6 Å². The first-order valence-corrected chi connectivity index (χ1v) is 13.4. The monoisotopic (exact) mass is 488 g/mol. The highest BCUT2D eigenvalue weighted by atomic mass is 16.5. The minimum atomic E-state index is -0.0654. The van der Waals surface area contributed by atoms with Crippen LogP contribution in [0, 0.1) is 0 Å². The summed E-state index contributed by atoms with van der Waals surface area (Å²) in [6.07, 6.45) is 7.63. The minimum absolute atomic E-state index is 0.0473. The Bertz CT molecular complexity index is 1130. The van der Waals surface area contributed by atoms with Crippen LogP contribution < -0.4 is 10.1 Å². The third-order valence-corrected chi connectivity index (χ3v) is 8.52. The molecule has 4 aliphatic rings. The van der Waals surface area contributed by atoms with E-state index in [9.17, 15) is 4.79 Å². The Hall–Kier alpha value is -2.90. The summed E-state index contributed by atoms with van der Waals surface area (Å²) in [6.45, 7) is 11.2. The van der Waals surface area contributed by atoms with Crippen LogP contribution in [0.1, 0.15) is 67.2 Å². The number of amides is 1. The Morgan fingerprint density at radius 3 is 2.64 bits per heavy atom. The Morgan fingerprint density at radius 2 is 1.89 bits per heavy atom. The second kappa shape index (κ2) is 9.87. The molecule has 7 nitrogen and oxygen atoms in total. The average molecular weight is 489 g/mol. The molecule has 0 spiro atoms. The van der Waals surface area contributed by atoms with Crippen molar-refractivity contribution in [2.24, 2.45) is 0 Å². The normalized spacial score (nSPS) is 23.5. The van der Waals surface area contributed by atoms with E-state index in [0.29, 0.717) is 17.9 Å². The number of ether oxygens (including phenoxy) is 2. The Kier molecular flexibility index (Phi) is 6.44. The van der Waals surface area contributed by atoms with Gasteiger partial charge in [-0.15, -0.1) is 0 Å². The molecule has 0 unspecified atom stereocenters. The standard InChI is InChI=1S/C29H36N4O3/c1-3-27(34)33-17-23(18-33)32-12-7-20(8-13-32)22-4-5-26-25(16-22)31-29-28(19(2)36-26)24(6-11-30-29)21-9-14-35-15-10-21/h3-6,11,16,19-21,23H,1,7-10,12-15,17-18H2,2H3,(H,30,31)/t19-/m1/s1. The van der Waals surface area contributed by atoms with Gasteiger partial charge in [-0.25, -0.2) is 4.98 Å². The van der Waals surface area contributed by atoms with Crippen LogP contribution in [0.2, 0.25) is 0 Å². The van der Waals surface area contributed by atoms with E-state index < -0.39 is 0 Å². The van der Waals surface area contributed by atoms with Gasteiger partial charge in [0.05, 0.1) is 5.69 Å². The Labute approximate surface area is 213 Å². The van der Waals surface area contributed by atoms with E-state index in [1.807, 2.05) is 11.1 Å². The van der Waals surface area contributed by atoms with E-state index in [1.54, 1.807) is 0 Å². The van der Waals surface area contributed by atoms with E-state index >= 15 is 0 Å². The van der Waals surface area contributed by atoms with Crippen molar-refractivity contribution in [3.8, 4) is 5.75 Å². The zero-order valence-electron chi connectivity index (χ0n) is 21.1.